The summed E-state index contributed by atoms with van der Waals surface area (Å²) in [5.41, 5.74) is 5.84. The fourth-order valence-electron chi connectivity index (χ4n) is 2.22. The van der Waals surface area contributed by atoms with Crippen molar-refractivity contribution in [1.29, 1.82) is 0 Å². The molecule has 1 aromatic rings. The highest BCUT2D eigenvalue weighted by Crippen LogP contribution is 2.36. The standard InChI is InChI=1S/C12H15NO3/c13-8-1-2-9(5-8)16-10-3-4-11-12(6-10)15-7-14-11/h3-4,6,8-9H,1-2,5,7,13H2. The van der Waals surface area contributed by atoms with Gasteiger partial charge in [0.15, 0.2) is 11.5 Å². The van der Waals surface area contributed by atoms with Gasteiger partial charge < -0.3 is 19.9 Å². The summed E-state index contributed by atoms with van der Waals surface area (Å²) in [6.07, 6.45) is 3.27. The Labute approximate surface area is 94.3 Å². The largest absolute Gasteiger partial charge is 0.490 e. The average molecular weight is 221 g/mol. The van der Waals surface area contributed by atoms with Crippen LogP contribution in [0, 0.1) is 0 Å². The second-order valence-corrected chi connectivity index (χ2v) is 4.33. The summed E-state index contributed by atoms with van der Waals surface area (Å²) < 4.78 is 16.4. The molecule has 1 saturated carbocycles. The van der Waals surface area contributed by atoms with Gasteiger partial charge in [-0.3, -0.25) is 0 Å². The molecule has 0 spiro atoms. The van der Waals surface area contributed by atoms with E-state index in [1.807, 2.05) is 18.2 Å². The van der Waals surface area contributed by atoms with Gasteiger partial charge in [0.05, 0.1) is 0 Å². The van der Waals surface area contributed by atoms with E-state index in [0.717, 1.165) is 36.5 Å². The van der Waals surface area contributed by atoms with Crippen molar-refractivity contribution in [3.05, 3.63) is 18.2 Å². The summed E-state index contributed by atoms with van der Waals surface area (Å²) in [6, 6.07) is 5.97. The number of benzene rings is 1. The van der Waals surface area contributed by atoms with Gasteiger partial charge in [0.1, 0.15) is 11.9 Å². The molecule has 2 atom stereocenters. The molecule has 1 aliphatic carbocycles. The Hall–Kier alpha value is -1.42. The molecule has 0 aromatic heterocycles. The van der Waals surface area contributed by atoms with Crippen LogP contribution < -0.4 is 19.9 Å². The van der Waals surface area contributed by atoms with Crippen LogP contribution in [0.25, 0.3) is 0 Å². The summed E-state index contributed by atoms with van der Waals surface area (Å²) in [7, 11) is 0. The van der Waals surface area contributed by atoms with Crippen molar-refractivity contribution in [3.63, 3.8) is 0 Å². The topological polar surface area (TPSA) is 53.7 Å². The highest BCUT2D eigenvalue weighted by Gasteiger charge is 2.24. The molecule has 0 bridgehead atoms. The van der Waals surface area contributed by atoms with Gasteiger partial charge in [-0.25, -0.2) is 0 Å². The first-order valence-electron chi connectivity index (χ1n) is 5.63. The molecule has 2 N–H and O–H groups in total. The van der Waals surface area contributed by atoms with E-state index in [1.165, 1.54) is 0 Å². The van der Waals surface area contributed by atoms with E-state index in [4.69, 9.17) is 19.9 Å². The van der Waals surface area contributed by atoms with Crippen LogP contribution in [0.1, 0.15) is 19.3 Å². The minimum Gasteiger partial charge on any atom is -0.490 e. The molecule has 16 heavy (non-hydrogen) atoms. The van der Waals surface area contributed by atoms with Gasteiger partial charge in [0.25, 0.3) is 0 Å². The predicted molar refractivity (Wildman–Crippen MR) is 58.8 cm³/mol. The molecule has 1 fully saturated rings. The Balaban J connectivity index is 1.71. The zero-order chi connectivity index (χ0) is 11.0. The highest BCUT2D eigenvalue weighted by molar-refractivity contribution is 5.46. The second-order valence-electron chi connectivity index (χ2n) is 4.33. The minimum absolute atomic E-state index is 0.246. The van der Waals surface area contributed by atoms with Crippen LogP contribution in [-0.4, -0.2) is 18.9 Å². The third kappa shape index (κ3) is 1.80. The van der Waals surface area contributed by atoms with Gasteiger partial charge >= 0.3 is 0 Å². The lowest BCUT2D eigenvalue weighted by Crippen LogP contribution is -2.19. The van der Waals surface area contributed by atoms with E-state index in [1.54, 1.807) is 0 Å². The number of fused-ring (bicyclic) bond motifs is 1. The number of nitrogens with two attached hydrogens (primary N) is 1. The molecule has 1 heterocycles. The number of ether oxygens (including phenoxy) is 3. The van der Waals surface area contributed by atoms with Crippen LogP contribution in [-0.2, 0) is 0 Å². The summed E-state index contributed by atoms with van der Waals surface area (Å²) >= 11 is 0. The summed E-state index contributed by atoms with van der Waals surface area (Å²) in [6.45, 7) is 0.299. The molecule has 4 heteroatoms. The predicted octanol–water partition coefficient (Wildman–Crippen LogP) is 1.67. The van der Waals surface area contributed by atoms with Crippen LogP contribution in [0.5, 0.6) is 17.2 Å². The third-order valence-corrected chi connectivity index (χ3v) is 3.07. The number of hydrogen-bond acceptors (Lipinski definition) is 4. The van der Waals surface area contributed by atoms with Crippen LogP contribution in [0.3, 0.4) is 0 Å². The minimum atomic E-state index is 0.246. The first-order valence-corrected chi connectivity index (χ1v) is 5.63. The van der Waals surface area contributed by atoms with Crippen LogP contribution in [0.15, 0.2) is 18.2 Å². The van der Waals surface area contributed by atoms with Crippen molar-refractivity contribution < 1.29 is 14.2 Å². The van der Waals surface area contributed by atoms with Crippen molar-refractivity contribution in [1.82, 2.24) is 0 Å². The Morgan fingerprint density at radius 2 is 2.06 bits per heavy atom. The Morgan fingerprint density at radius 1 is 1.19 bits per heavy atom. The molecule has 0 saturated heterocycles. The van der Waals surface area contributed by atoms with Crippen molar-refractivity contribution >= 4 is 0 Å². The van der Waals surface area contributed by atoms with Crippen LogP contribution in [0.4, 0.5) is 0 Å². The maximum Gasteiger partial charge on any atom is 0.231 e. The Bertz CT molecular complexity index is 394. The zero-order valence-corrected chi connectivity index (χ0v) is 9.02. The van der Waals surface area contributed by atoms with Crippen molar-refractivity contribution in [2.75, 3.05) is 6.79 Å². The van der Waals surface area contributed by atoms with E-state index in [0.29, 0.717) is 12.8 Å². The molecule has 86 valence electrons. The van der Waals surface area contributed by atoms with E-state index in [-0.39, 0.29) is 6.10 Å². The van der Waals surface area contributed by atoms with E-state index >= 15 is 0 Å². The first-order chi connectivity index (χ1) is 7.81. The zero-order valence-electron chi connectivity index (χ0n) is 9.02. The third-order valence-electron chi connectivity index (χ3n) is 3.07. The lowest BCUT2D eigenvalue weighted by atomic mass is 10.2. The average Bonchev–Trinajstić information content (AvgIpc) is 2.87. The molecule has 1 aliphatic heterocycles. The van der Waals surface area contributed by atoms with E-state index in [2.05, 4.69) is 0 Å². The van der Waals surface area contributed by atoms with Gasteiger partial charge in [-0.15, -0.1) is 0 Å². The van der Waals surface area contributed by atoms with Crippen LogP contribution >= 0.6 is 0 Å². The highest BCUT2D eigenvalue weighted by atomic mass is 16.7. The summed E-state index contributed by atoms with van der Waals surface area (Å²) in [4.78, 5) is 0. The fourth-order valence-corrected chi connectivity index (χ4v) is 2.22. The van der Waals surface area contributed by atoms with Crippen LogP contribution in [0.2, 0.25) is 0 Å². The molecule has 4 nitrogen and oxygen atoms in total. The maximum absolute atomic E-state index is 5.86. The van der Waals surface area contributed by atoms with Crippen molar-refractivity contribution in [2.45, 2.75) is 31.4 Å². The Kier molecular flexibility index (Phi) is 2.36. The molecule has 0 amide bonds. The lowest BCUT2D eigenvalue weighted by Gasteiger charge is -2.13. The quantitative estimate of drug-likeness (QED) is 0.825. The molecule has 0 radical (unpaired) electrons. The fraction of sp³-hybridized carbons (Fsp3) is 0.500. The SMILES string of the molecule is NC1CCC(Oc2ccc3c(c2)OCO3)C1. The monoisotopic (exact) mass is 221 g/mol. The number of rotatable bonds is 2. The molecule has 2 aliphatic rings. The summed E-state index contributed by atoms with van der Waals surface area (Å²) in [5, 5.41) is 0. The first kappa shape index (κ1) is 9.78. The smallest absolute Gasteiger partial charge is 0.231 e. The van der Waals surface area contributed by atoms with E-state index in [9.17, 15) is 0 Å². The van der Waals surface area contributed by atoms with E-state index < -0.39 is 0 Å². The Morgan fingerprint density at radius 3 is 2.88 bits per heavy atom. The second kappa shape index (κ2) is 3.87. The van der Waals surface area contributed by atoms with Gasteiger partial charge in [-0.1, -0.05) is 0 Å². The number of hydrogen-bond donors (Lipinski definition) is 1. The lowest BCUT2D eigenvalue weighted by molar-refractivity contribution is 0.173. The van der Waals surface area contributed by atoms with Gasteiger partial charge in [-0.05, 0) is 31.4 Å². The normalized spacial score (nSPS) is 27.1. The van der Waals surface area contributed by atoms with Gasteiger partial charge in [0.2, 0.25) is 6.79 Å². The molecular formula is C12H15NO3. The van der Waals surface area contributed by atoms with Crippen molar-refractivity contribution in [2.24, 2.45) is 5.73 Å². The van der Waals surface area contributed by atoms with Crippen molar-refractivity contribution in [3.8, 4) is 17.2 Å². The molecular weight excluding hydrogens is 206 g/mol. The summed E-state index contributed by atoms with van der Waals surface area (Å²) in [5.74, 6) is 2.39. The van der Waals surface area contributed by atoms with Gasteiger partial charge in [0, 0.05) is 12.1 Å². The molecule has 2 unspecified atom stereocenters. The maximum atomic E-state index is 5.86. The molecule has 3 rings (SSSR count). The van der Waals surface area contributed by atoms with Gasteiger partial charge in [-0.2, -0.15) is 0 Å². The molecule has 1 aromatic carbocycles.